The molecule has 0 radical (unpaired) electrons. The summed E-state index contributed by atoms with van der Waals surface area (Å²) in [7, 11) is -0.374. The van der Waals surface area contributed by atoms with Crippen molar-refractivity contribution in [3.05, 3.63) is 42.0 Å². The van der Waals surface area contributed by atoms with Crippen LogP contribution in [-0.4, -0.2) is 25.7 Å². The van der Waals surface area contributed by atoms with Crippen LogP contribution in [-0.2, 0) is 11.2 Å². The second-order valence-corrected chi connectivity index (χ2v) is 11.2. The molecule has 2 aromatic rings. The van der Waals surface area contributed by atoms with Gasteiger partial charge in [0, 0.05) is 10.7 Å². The molecule has 1 aromatic heterocycles. The zero-order chi connectivity index (χ0) is 16.5. The van der Waals surface area contributed by atoms with Gasteiger partial charge < -0.3 is 4.74 Å². The molecule has 0 spiro atoms. The molecule has 1 aromatic carbocycles. The number of carbonyl (C=O) groups is 1. The van der Waals surface area contributed by atoms with Gasteiger partial charge in [-0.1, -0.05) is 25.7 Å². The number of aromatic nitrogens is 1. The lowest BCUT2D eigenvalue weighted by molar-refractivity contribution is 0.0601. The van der Waals surface area contributed by atoms with Gasteiger partial charge in [0.05, 0.1) is 18.2 Å². The number of carbonyl (C=O) groups excluding carboxylic acids is 1. The van der Waals surface area contributed by atoms with Crippen molar-refractivity contribution in [2.75, 3.05) is 7.11 Å². The molecule has 0 aliphatic rings. The number of fused-ring (bicyclic) bond motifs is 1. The summed E-state index contributed by atoms with van der Waals surface area (Å²) >= 11 is 0. The summed E-state index contributed by atoms with van der Waals surface area (Å²) in [6.07, 6.45) is 4.80. The normalized spacial score (nSPS) is 11.2. The minimum atomic E-state index is -1.74. The second-order valence-electron chi connectivity index (χ2n) is 6.23. The molecule has 4 nitrogen and oxygen atoms in total. The van der Waals surface area contributed by atoms with Crippen LogP contribution in [0.3, 0.4) is 0 Å². The minimum absolute atomic E-state index is 0.370. The fourth-order valence-electron chi connectivity index (χ4n) is 2.84. The Balaban J connectivity index is 2.89. The van der Waals surface area contributed by atoms with Crippen molar-refractivity contribution >= 4 is 30.3 Å². The van der Waals surface area contributed by atoms with Gasteiger partial charge in [-0.25, -0.2) is 4.79 Å². The number of nitrogens with zero attached hydrogens (tertiary/aromatic N) is 2. The van der Waals surface area contributed by atoms with E-state index >= 15 is 0 Å². The highest BCUT2D eigenvalue weighted by atomic mass is 28.3. The smallest absolute Gasteiger partial charge is 0.337 e. The molecular formula is C17H20N2O2Si. The molecule has 114 valence electrons. The lowest BCUT2D eigenvalue weighted by atomic mass is 10.1. The summed E-state index contributed by atoms with van der Waals surface area (Å²) in [5.74, 6) is -0.370. The summed E-state index contributed by atoms with van der Waals surface area (Å²) in [4.78, 5) is 11.8. The number of rotatable bonds is 4. The Morgan fingerprint density at radius 1 is 1.45 bits per heavy atom. The van der Waals surface area contributed by atoms with Crippen LogP contribution in [0.2, 0.25) is 19.6 Å². The maximum Gasteiger partial charge on any atom is 0.337 e. The lowest BCUT2D eigenvalue weighted by Gasteiger charge is -2.18. The molecule has 0 saturated heterocycles. The van der Waals surface area contributed by atoms with E-state index in [-0.39, 0.29) is 5.97 Å². The highest BCUT2D eigenvalue weighted by Gasteiger charge is 2.28. The number of hydrogen-bond donors (Lipinski definition) is 0. The number of benzene rings is 1. The standard InChI is InChI=1S/C17H20N2O2Si/c1-6-7-13-14-10-12(17(20)21-2)8-9-15(14)19(11-18)16(13)22(3,4)5/h6,8-10H,1,7H2,2-5H3. The van der Waals surface area contributed by atoms with Crippen molar-refractivity contribution in [1.82, 2.24) is 4.57 Å². The number of esters is 1. The highest BCUT2D eigenvalue weighted by Crippen LogP contribution is 2.25. The molecule has 1 heterocycles. The third-order valence-corrected chi connectivity index (χ3v) is 5.60. The Bertz CT molecular complexity index is 792. The third kappa shape index (κ3) is 2.58. The van der Waals surface area contributed by atoms with E-state index in [9.17, 15) is 10.1 Å². The predicted octanol–water partition coefficient (Wildman–Crippen LogP) is 3.03. The van der Waals surface area contributed by atoms with Crippen molar-refractivity contribution in [2.24, 2.45) is 0 Å². The van der Waals surface area contributed by atoms with Crippen molar-refractivity contribution in [1.29, 1.82) is 5.26 Å². The van der Waals surface area contributed by atoms with Crippen LogP contribution >= 0.6 is 0 Å². The Morgan fingerprint density at radius 2 is 2.14 bits per heavy atom. The fraction of sp³-hybridized carbons (Fsp3) is 0.294. The largest absolute Gasteiger partial charge is 0.465 e. The quantitative estimate of drug-likeness (QED) is 0.495. The fourth-order valence-corrected chi connectivity index (χ4v) is 4.83. The Hall–Kier alpha value is -2.32. The van der Waals surface area contributed by atoms with E-state index < -0.39 is 8.07 Å². The molecule has 0 saturated carbocycles. The van der Waals surface area contributed by atoms with Gasteiger partial charge in [-0.3, -0.25) is 4.57 Å². The van der Waals surface area contributed by atoms with Crippen LogP contribution in [0.1, 0.15) is 15.9 Å². The highest BCUT2D eigenvalue weighted by molar-refractivity contribution is 6.88. The average molecular weight is 312 g/mol. The van der Waals surface area contributed by atoms with Crippen LogP contribution in [0.25, 0.3) is 10.9 Å². The van der Waals surface area contributed by atoms with E-state index in [0.717, 1.165) is 21.8 Å². The summed E-state index contributed by atoms with van der Waals surface area (Å²) in [6, 6.07) is 5.34. The topological polar surface area (TPSA) is 55.0 Å². The molecule has 0 aliphatic heterocycles. The van der Waals surface area contributed by atoms with Crippen molar-refractivity contribution in [3.63, 3.8) is 0 Å². The van der Waals surface area contributed by atoms with Gasteiger partial charge in [0.1, 0.15) is 8.07 Å². The van der Waals surface area contributed by atoms with E-state index in [4.69, 9.17) is 4.74 Å². The first-order chi connectivity index (χ1) is 10.3. The molecule has 0 amide bonds. The Morgan fingerprint density at radius 3 is 2.64 bits per heavy atom. The van der Waals surface area contributed by atoms with Gasteiger partial charge in [-0.2, -0.15) is 5.26 Å². The number of methoxy groups -OCH3 is 1. The van der Waals surface area contributed by atoms with E-state index in [0.29, 0.717) is 12.0 Å². The first kappa shape index (κ1) is 16.1. The molecule has 0 bridgehead atoms. The summed E-state index contributed by atoms with van der Waals surface area (Å²) in [5, 5.41) is 11.6. The first-order valence-corrected chi connectivity index (χ1v) is 10.6. The maximum atomic E-state index is 11.8. The molecule has 0 unspecified atom stereocenters. The van der Waals surface area contributed by atoms with E-state index in [2.05, 4.69) is 32.4 Å². The zero-order valence-electron chi connectivity index (χ0n) is 13.4. The molecule has 5 heteroatoms. The molecule has 0 aliphatic carbocycles. The van der Waals surface area contributed by atoms with Crippen LogP contribution in [0.15, 0.2) is 30.9 Å². The molecule has 0 N–H and O–H groups in total. The van der Waals surface area contributed by atoms with Gasteiger partial charge in [0.2, 0.25) is 0 Å². The number of nitriles is 1. The van der Waals surface area contributed by atoms with E-state index in [1.54, 1.807) is 10.6 Å². The summed E-state index contributed by atoms with van der Waals surface area (Å²) in [6.45, 7) is 10.5. The monoisotopic (exact) mass is 312 g/mol. The van der Waals surface area contributed by atoms with E-state index in [1.807, 2.05) is 18.2 Å². The summed E-state index contributed by atoms with van der Waals surface area (Å²) < 4.78 is 6.50. The second kappa shape index (κ2) is 5.82. The first-order valence-electron chi connectivity index (χ1n) is 7.12. The average Bonchev–Trinajstić information content (AvgIpc) is 2.80. The van der Waals surface area contributed by atoms with Crippen LogP contribution in [0, 0.1) is 11.5 Å². The minimum Gasteiger partial charge on any atom is -0.465 e. The van der Waals surface area contributed by atoms with Crippen LogP contribution < -0.4 is 5.32 Å². The Kier molecular flexibility index (Phi) is 4.24. The zero-order valence-corrected chi connectivity index (χ0v) is 14.4. The van der Waals surface area contributed by atoms with Gasteiger partial charge in [-0.05, 0) is 30.2 Å². The molecule has 0 fully saturated rings. The van der Waals surface area contributed by atoms with Gasteiger partial charge in [0.15, 0.2) is 6.19 Å². The number of hydrogen-bond acceptors (Lipinski definition) is 3. The maximum absolute atomic E-state index is 11.8. The summed E-state index contributed by atoms with van der Waals surface area (Å²) in [5.41, 5.74) is 2.43. The molecule has 0 atom stereocenters. The third-order valence-electron chi connectivity index (χ3n) is 3.65. The van der Waals surface area contributed by atoms with Gasteiger partial charge in [-0.15, -0.1) is 6.58 Å². The van der Waals surface area contributed by atoms with Gasteiger partial charge >= 0.3 is 5.97 Å². The van der Waals surface area contributed by atoms with Gasteiger partial charge in [0.25, 0.3) is 0 Å². The predicted molar refractivity (Wildman–Crippen MR) is 91.2 cm³/mol. The number of ether oxygens (including phenoxy) is 1. The van der Waals surface area contributed by atoms with Crippen molar-refractivity contribution < 1.29 is 9.53 Å². The molecular weight excluding hydrogens is 292 g/mol. The van der Waals surface area contributed by atoms with Crippen molar-refractivity contribution in [3.8, 4) is 6.19 Å². The van der Waals surface area contributed by atoms with E-state index in [1.165, 1.54) is 7.11 Å². The molecule has 2 rings (SSSR count). The Labute approximate surface area is 131 Å². The van der Waals surface area contributed by atoms with Crippen molar-refractivity contribution in [2.45, 2.75) is 26.1 Å². The van der Waals surface area contributed by atoms with Crippen LogP contribution in [0.4, 0.5) is 0 Å². The molecule has 22 heavy (non-hydrogen) atoms. The number of allylic oxidation sites excluding steroid dienone is 1. The SMILES string of the molecule is C=CCc1c([Si](C)(C)C)n(C#N)c2ccc(C(=O)OC)cc12. The van der Waals surface area contributed by atoms with Crippen LogP contribution in [0.5, 0.6) is 0 Å². The lowest BCUT2D eigenvalue weighted by Crippen LogP contribution is -2.44.